The van der Waals surface area contributed by atoms with Crippen molar-refractivity contribution in [2.24, 2.45) is 0 Å². The van der Waals surface area contributed by atoms with Crippen molar-refractivity contribution in [1.82, 2.24) is 0 Å². The lowest BCUT2D eigenvalue weighted by Crippen LogP contribution is -1.73. The van der Waals surface area contributed by atoms with Gasteiger partial charge < -0.3 is 0 Å². The van der Waals surface area contributed by atoms with Crippen LogP contribution in [0, 0.1) is 3.57 Å². The van der Waals surface area contributed by atoms with Gasteiger partial charge in [0.2, 0.25) is 0 Å². The average Bonchev–Trinajstić information content (AvgIpc) is 2.42. The van der Waals surface area contributed by atoms with Gasteiger partial charge in [-0.3, -0.25) is 0 Å². The van der Waals surface area contributed by atoms with Gasteiger partial charge in [-0.2, -0.15) is 0 Å². The monoisotopic (exact) mass is 370 g/mol. The Kier molecular flexibility index (Phi) is 2.69. The molecule has 0 fully saturated rings. The molecule has 62 valence electrons. The number of hydrogen-bond acceptors (Lipinski definition) is 2. The smallest absolute Gasteiger partial charge is 0.0499 e. The van der Waals surface area contributed by atoms with E-state index in [1.165, 1.54) is 13.7 Å². The molecule has 0 aliphatic heterocycles. The van der Waals surface area contributed by atoms with E-state index in [0.29, 0.717) is 0 Å². The number of fused-ring (bicyclic) bond motifs is 1. The van der Waals surface area contributed by atoms with E-state index in [4.69, 9.17) is 0 Å². The van der Waals surface area contributed by atoms with Crippen molar-refractivity contribution in [3.63, 3.8) is 0 Å². The predicted molar refractivity (Wildman–Crippen MR) is 69.5 cm³/mol. The van der Waals surface area contributed by atoms with E-state index in [1.807, 2.05) is 6.07 Å². The molecule has 0 amide bonds. The Balaban J connectivity index is 2.98. The normalized spacial score (nSPS) is 10.9. The summed E-state index contributed by atoms with van der Waals surface area (Å²) in [4.78, 5) is 1.04. The van der Waals surface area contributed by atoms with E-state index in [0.717, 1.165) is 9.37 Å². The molecular formula is C8H4BrIS2. The molecule has 1 aromatic carbocycles. The minimum Gasteiger partial charge on any atom is -0.143 e. The van der Waals surface area contributed by atoms with E-state index in [2.05, 4.69) is 62.6 Å². The molecule has 2 rings (SSSR count). The molecule has 0 N–H and O–H groups in total. The minimum atomic E-state index is 1.04. The number of benzene rings is 1. The maximum absolute atomic E-state index is 4.41. The van der Waals surface area contributed by atoms with E-state index in [9.17, 15) is 0 Å². The molecule has 0 aliphatic rings. The summed E-state index contributed by atoms with van der Waals surface area (Å²) in [6.45, 7) is 0. The van der Waals surface area contributed by atoms with E-state index in [1.54, 1.807) is 11.3 Å². The van der Waals surface area contributed by atoms with Crippen molar-refractivity contribution in [3.05, 3.63) is 25.6 Å². The Bertz CT molecular complexity index is 436. The summed E-state index contributed by atoms with van der Waals surface area (Å²) in [7, 11) is 0. The van der Waals surface area contributed by atoms with Crippen LogP contribution < -0.4 is 0 Å². The summed E-state index contributed by atoms with van der Waals surface area (Å²) in [5, 5.41) is 3.34. The second kappa shape index (κ2) is 3.48. The van der Waals surface area contributed by atoms with Crippen molar-refractivity contribution < 1.29 is 0 Å². The Labute approximate surface area is 102 Å². The van der Waals surface area contributed by atoms with Gasteiger partial charge in [0.05, 0.1) is 0 Å². The molecule has 0 bridgehead atoms. The Hall–Kier alpha value is 0.740. The van der Waals surface area contributed by atoms with Crippen LogP contribution >= 0.6 is 62.5 Å². The van der Waals surface area contributed by atoms with Gasteiger partial charge in [-0.1, -0.05) is 0 Å². The lowest BCUT2D eigenvalue weighted by Gasteiger charge is -1.97. The molecule has 1 heterocycles. The number of hydrogen-bond donors (Lipinski definition) is 1. The molecule has 4 heteroatoms. The van der Waals surface area contributed by atoms with Gasteiger partial charge in [0.1, 0.15) is 0 Å². The third-order valence-electron chi connectivity index (χ3n) is 1.61. The molecule has 12 heavy (non-hydrogen) atoms. The molecule has 2 aromatic rings. The third-order valence-corrected chi connectivity index (χ3v) is 5.19. The van der Waals surface area contributed by atoms with Crippen LogP contribution in [0.4, 0.5) is 0 Å². The van der Waals surface area contributed by atoms with Gasteiger partial charge in [0.25, 0.3) is 0 Å². The predicted octanol–water partition coefficient (Wildman–Crippen LogP) is 4.56. The maximum atomic E-state index is 4.41. The van der Waals surface area contributed by atoms with Gasteiger partial charge in [-0.25, -0.2) is 0 Å². The molecule has 0 aliphatic carbocycles. The van der Waals surface area contributed by atoms with E-state index < -0.39 is 0 Å². The second-order valence-electron chi connectivity index (χ2n) is 2.35. The summed E-state index contributed by atoms with van der Waals surface area (Å²) < 4.78 is 3.75. The van der Waals surface area contributed by atoms with Crippen molar-refractivity contribution in [3.8, 4) is 0 Å². The molecule has 0 spiro atoms. The summed E-state index contributed by atoms with van der Waals surface area (Å²) in [6.07, 6.45) is 0. The van der Waals surface area contributed by atoms with Crippen molar-refractivity contribution in [1.29, 1.82) is 0 Å². The fourth-order valence-electron chi connectivity index (χ4n) is 1.06. The second-order valence-corrected chi connectivity index (χ2v) is 5.73. The Morgan fingerprint density at radius 3 is 2.83 bits per heavy atom. The first-order valence-electron chi connectivity index (χ1n) is 3.24. The number of rotatable bonds is 0. The van der Waals surface area contributed by atoms with E-state index in [-0.39, 0.29) is 0 Å². The van der Waals surface area contributed by atoms with Gasteiger partial charge in [-0.15, -0.1) is 24.0 Å². The molecule has 0 atom stereocenters. The summed E-state index contributed by atoms with van der Waals surface area (Å²) in [6, 6.07) is 4.12. The largest absolute Gasteiger partial charge is 0.143 e. The van der Waals surface area contributed by atoms with Gasteiger partial charge >= 0.3 is 0 Å². The van der Waals surface area contributed by atoms with Crippen molar-refractivity contribution in [2.45, 2.75) is 4.90 Å². The fraction of sp³-hybridized carbons (Fsp3) is 0. The molecular weight excluding hydrogens is 367 g/mol. The van der Waals surface area contributed by atoms with Crippen LogP contribution in [-0.2, 0) is 0 Å². The highest BCUT2D eigenvalue weighted by Crippen LogP contribution is 2.37. The zero-order valence-corrected chi connectivity index (χ0v) is 11.3. The summed E-state index contributed by atoms with van der Waals surface area (Å²) in [5.41, 5.74) is 0. The molecule has 1 aromatic heterocycles. The first-order chi connectivity index (χ1) is 5.70. The van der Waals surface area contributed by atoms with Crippen LogP contribution in [0.1, 0.15) is 0 Å². The topological polar surface area (TPSA) is 0 Å². The summed E-state index contributed by atoms with van der Waals surface area (Å²) >= 11 is 12.0. The zero-order valence-electron chi connectivity index (χ0n) is 5.84. The number of halogens is 2. The Morgan fingerprint density at radius 2 is 2.17 bits per heavy atom. The van der Waals surface area contributed by atoms with Crippen LogP contribution in [0.3, 0.4) is 0 Å². The highest BCUT2D eigenvalue weighted by Gasteiger charge is 2.07. The van der Waals surface area contributed by atoms with Gasteiger partial charge in [-0.05, 0) is 50.7 Å². The molecule has 0 unspecified atom stereocenters. The molecule has 0 radical (unpaired) electrons. The fourth-order valence-corrected chi connectivity index (χ4v) is 4.11. The van der Waals surface area contributed by atoms with Crippen molar-refractivity contribution in [2.75, 3.05) is 0 Å². The highest BCUT2D eigenvalue weighted by atomic mass is 127. The number of thiophene rings is 1. The summed E-state index contributed by atoms with van der Waals surface area (Å²) in [5.74, 6) is 0. The minimum absolute atomic E-state index is 1.04. The quantitative estimate of drug-likeness (QED) is 0.510. The molecule has 0 saturated heterocycles. The first kappa shape index (κ1) is 9.30. The number of thiol groups is 1. The Morgan fingerprint density at radius 1 is 1.42 bits per heavy atom. The van der Waals surface area contributed by atoms with Gasteiger partial charge in [0, 0.05) is 28.4 Å². The van der Waals surface area contributed by atoms with Crippen LogP contribution in [0.25, 0.3) is 10.1 Å². The van der Waals surface area contributed by atoms with Crippen molar-refractivity contribution >= 4 is 72.6 Å². The molecule has 0 nitrogen and oxygen atoms in total. The third kappa shape index (κ3) is 1.42. The average molecular weight is 371 g/mol. The first-order valence-corrected chi connectivity index (χ1v) is 6.44. The van der Waals surface area contributed by atoms with Gasteiger partial charge in [0.15, 0.2) is 0 Å². The van der Waals surface area contributed by atoms with Crippen LogP contribution in [0.5, 0.6) is 0 Å². The van der Waals surface area contributed by atoms with E-state index >= 15 is 0 Å². The van der Waals surface area contributed by atoms with Crippen LogP contribution in [0.15, 0.2) is 26.9 Å². The maximum Gasteiger partial charge on any atom is 0.0499 e. The standard InChI is InChI=1S/C8H4BrIS2/c9-4-3-12-8-5(10)1-2-6(11)7(4)8/h1-3,11H. The highest BCUT2D eigenvalue weighted by molar-refractivity contribution is 14.1. The molecule has 0 saturated carbocycles. The lowest BCUT2D eigenvalue weighted by molar-refractivity contribution is 1.56. The lowest BCUT2D eigenvalue weighted by atomic mass is 10.3. The SMILES string of the molecule is Sc1ccc(I)c2scc(Br)c12. The van der Waals surface area contributed by atoms with Crippen LogP contribution in [0.2, 0.25) is 0 Å². The van der Waals surface area contributed by atoms with Crippen LogP contribution in [-0.4, -0.2) is 0 Å². The zero-order chi connectivity index (χ0) is 8.72.